The van der Waals surface area contributed by atoms with Crippen molar-refractivity contribution in [3.8, 4) is 5.75 Å². The lowest BCUT2D eigenvalue weighted by Crippen LogP contribution is -2.12. The molecule has 98 valence electrons. The fraction of sp³-hybridized carbons (Fsp3) is 0.333. The highest BCUT2D eigenvalue weighted by atomic mass is 16.3. The zero-order valence-corrected chi connectivity index (χ0v) is 11.4. The lowest BCUT2D eigenvalue weighted by atomic mass is 9.79. The topological polar surface area (TPSA) is 20.2 Å². The van der Waals surface area contributed by atoms with Gasteiger partial charge in [0.25, 0.3) is 0 Å². The summed E-state index contributed by atoms with van der Waals surface area (Å²) in [6, 6.07) is 14.8. The first-order valence-electron chi connectivity index (χ1n) is 7.10. The van der Waals surface area contributed by atoms with E-state index < -0.39 is 0 Å². The van der Waals surface area contributed by atoms with Gasteiger partial charge in [0.2, 0.25) is 0 Å². The van der Waals surface area contributed by atoms with Crippen LogP contribution in [0, 0.1) is 6.92 Å². The van der Waals surface area contributed by atoms with E-state index in [9.17, 15) is 5.11 Å². The number of aryl methyl sites for hydroxylation is 2. The summed E-state index contributed by atoms with van der Waals surface area (Å²) in [5.74, 6) is 1.03. The summed E-state index contributed by atoms with van der Waals surface area (Å²) in [7, 11) is 0. The number of aromatic hydroxyl groups is 1. The molecule has 0 heterocycles. The fourth-order valence-electron chi connectivity index (χ4n) is 3.20. The zero-order chi connectivity index (χ0) is 13.2. The number of benzene rings is 2. The minimum atomic E-state index is 0.396. The van der Waals surface area contributed by atoms with Crippen LogP contribution in [0.5, 0.6) is 5.75 Å². The second kappa shape index (κ2) is 5.08. The van der Waals surface area contributed by atoms with E-state index in [2.05, 4.69) is 36.4 Å². The smallest absolute Gasteiger partial charge is 0.118 e. The molecule has 2 aromatic carbocycles. The van der Waals surface area contributed by atoms with Gasteiger partial charge in [0, 0.05) is 0 Å². The molecule has 0 saturated carbocycles. The second-order valence-corrected chi connectivity index (χ2v) is 5.61. The van der Waals surface area contributed by atoms with E-state index in [1.54, 1.807) is 0 Å². The van der Waals surface area contributed by atoms with Crippen LogP contribution >= 0.6 is 0 Å². The first-order valence-corrected chi connectivity index (χ1v) is 7.10. The molecule has 3 rings (SSSR count). The minimum Gasteiger partial charge on any atom is -0.508 e. The largest absolute Gasteiger partial charge is 0.508 e. The summed E-state index contributed by atoms with van der Waals surface area (Å²) in [5.41, 5.74) is 5.35. The Morgan fingerprint density at radius 2 is 2.00 bits per heavy atom. The van der Waals surface area contributed by atoms with Crippen LogP contribution in [0.4, 0.5) is 0 Å². The van der Waals surface area contributed by atoms with Crippen molar-refractivity contribution < 1.29 is 5.11 Å². The third-order valence-corrected chi connectivity index (χ3v) is 4.24. The van der Waals surface area contributed by atoms with Gasteiger partial charge in [0.15, 0.2) is 0 Å². The number of phenolic OH excluding ortho intramolecular Hbond substituents is 1. The van der Waals surface area contributed by atoms with Crippen molar-refractivity contribution in [1.29, 1.82) is 0 Å². The van der Waals surface area contributed by atoms with Crippen LogP contribution in [0.1, 0.15) is 41.0 Å². The monoisotopic (exact) mass is 252 g/mol. The number of hydrogen-bond donors (Lipinski definition) is 1. The molecule has 0 aromatic heterocycles. The summed E-state index contributed by atoms with van der Waals surface area (Å²) >= 11 is 0. The quantitative estimate of drug-likeness (QED) is 0.841. The normalized spacial score (nSPS) is 18.1. The standard InChI is InChI=1S/C18H20O/c1-13-11-14(9-10-18(13)19)12-16-7-4-6-15-5-2-3-8-17(15)16/h2-3,5,8-11,16,19H,4,6-7,12H2,1H3. The molecule has 1 unspecified atom stereocenters. The lowest BCUT2D eigenvalue weighted by molar-refractivity contribution is 0.470. The van der Waals surface area contributed by atoms with Gasteiger partial charge >= 0.3 is 0 Å². The molecule has 1 aliphatic carbocycles. The summed E-state index contributed by atoms with van der Waals surface area (Å²) < 4.78 is 0. The zero-order valence-electron chi connectivity index (χ0n) is 11.4. The van der Waals surface area contributed by atoms with Gasteiger partial charge < -0.3 is 5.11 Å². The molecule has 1 heteroatoms. The average Bonchev–Trinajstić information content (AvgIpc) is 2.43. The summed E-state index contributed by atoms with van der Waals surface area (Å²) in [5, 5.41) is 9.61. The van der Waals surface area contributed by atoms with Gasteiger partial charge in [-0.3, -0.25) is 0 Å². The molecule has 2 aromatic rings. The van der Waals surface area contributed by atoms with Crippen molar-refractivity contribution in [2.75, 3.05) is 0 Å². The maximum absolute atomic E-state index is 9.61. The molecule has 1 aliphatic rings. The van der Waals surface area contributed by atoms with E-state index >= 15 is 0 Å². The van der Waals surface area contributed by atoms with Gasteiger partial charge in [-0.25, -0.2) is 0 Å². The summed E-state index contributed by atoms with van der Waals surface area (Å²) in [4.78, 5) is 0. The molecular weight excluding hydrogens is 232 g/mol. The molecule has 1 atom stereocenters. The first-order chi connectivity index (χ1) is 9.24. The molecule has 0 spiro atoms. The third kappa shape index (κ3) is 2.51. The Bertz CT molecular complexity index is 586. The van der Waals surface area contributed by atoms with Crippen LogP contribution in [0.15, 0.2) is 42.5 Å². The number of hydrogen-bond acceptors (Lipinski definition) is 1. The average molecular weight is 252 g/mol. The molecule has 0 bridgehead atoms. The van der Waals surface area contributed by atoms with Crippen molar-refractivity contribution in [3.05, 3.63) is 64.7 Å². The van der Waals surface area contributed by atoms with Crippen LogP contribution in [-0.2, 0) is 12.8 Å². The molecular formula is C18H20O. The van der Waals surface area contributed by atoms with Gasteiger partial charge in [-0.05, 0) is 66.8 Å². The van der Waals surface area contributed by atoms with Crippen molar-refractivity contribution in [2.45, 2.75) is 38.5 Å². The van der Waals surface area contributed by atoms with E-state index in [1.165, 1.54) is 36.0 Å². The third-order valence-electron chi connectivity index (χ3n) is 4.24. The second-order valence-electron chi connectivity index (χ2n) is 5.61. The number of phenols is 1. The Kier molecular flexibility index (Phi) is 3.29. The van der Waals surface area contributed by atoms with Gasteiger partial charge in [-0.15, -0.1) is 0 Å². The Morgan fingerprint density at radius 3 is 2.84 bits per heavy atom. The van der Waals surface area contributed by atoms with Gasteiger partial charge in [0.1, 0.15) is 5.75 Å². The molecule has 1 N–H and O–H groups in total. The van der Waals surface area contributed by atoms with Crippen LogP contribution in [0.2, 0.25) is 0 Å². The van der Waals surface area contributed by atoms with Crippen LogP contribution in [0.3, 0.4) is 0 Å². The Labute approximate surface area is 114 Å². The maximum Gasteiger partial charge on any atom is 0.118 e. The van der Waals surface area contributed by atoms with Crippen molar-refractivity contribution in [1.82, 2.24) is 0 Å². The fourth-order valence-corrected chi connectivity index (χ4v) is 3.20. The van der Waals surface area contributed by atoms with Crippen LogP contribution < -0.4 is 0 Å². The van der Waals surface area contributed by atoms with Crippen LogP contribution in [-0.4, -0.2) is 5.11 Å². The van der Waals surface area contributed by atoms with E-state index in [0.717, 1.165) is 12.0 Å². The molecule has 0 fully saturated rings. The molecule has 0 aliphatic heterocycles. The van der Waals surface area contributed by atoms with Gasteiger partial charge in [-0.1, -0.05) is 36.4 Å². The van der Waals surface area contributed by atoms with Crippen molar-refractivity contribution in [3.63, 3.8) is 0 Å². The molecule has 0 radical (unpaired) electrons. The Hall–Kier alpha value is -1.76. The molecule has 0 saturated heterocycles. The van der Waals surface area contributed by atoms with Gasteiger partial charge in [-0.2, -0.15) is 0 Å². The molecule has 1 nitrogen and oxygen atoms in total. The summed E-state index contributed by atoms with van der Waals surface area (Å²) in [6.07, 6.45) is 4.87. The molecule has 19 heavy (non-hydrogen) atoms. The highest BCUT2D eigenvalue weighted by molar-refractivity contribution is 5.38. The van der Waals surface area contributed by atoms with Crippen LogP contribution in [0.25, 0.3) is 0 Å². The van der Waals surface area contributed by atoms with Crippen molar-refractivity contribution in [2.24, 2.45) is 0 Å². The van der Waals surface area contributed by atoms with E-state index in [4.69, 9.17) is 0 Å². The SMILES string of the molecule is Cc1cc(CC2CCCc3ccccc32)ccc1O. The van der Waals surface area contributed by atoms with E-state index in [1.807, 2.05) is 13.0 Å². The van der Waals surface area contributed by atoms with E-state index in [0.29, 0.717) is 11.7 Å². The van der Waals surface area contributed by atoms with Gasteiger partial charge in [0.05, 0.1) is 0 Å². The lowest BCUT2D eigenvalue weighted by Gasteiger charge is -2.25. The minimum absolute atomic E-state index is 0.396. The van der Waals surface area contributed by atoms with Crippen molar-refractivity contribution >= 4 is 0 Å². The Balaban J connectivity index is 1.86. The predicted molar refractivity (Wildman–Crippen MR) is 78.7 cm³/mol. The highest BCUT2D eigenvalue weighted by Crippen LogP contribution is 2.34. The number of rotatable bonds is 2. The molecule has 0 amide bonds. The maximum atomic E-state index is 9.61. The first kappa shape index (κ1) is 12.3. The predicted octanol–water partition coefficient (Wildman–Crippen LogP) is 4.36. The summed E-state index contributed by atoms with van der Waals surface area (Å²) in [6.45, 7) is 1.97. The number of fused-ring (bicyclic) bond motifs is 1. The highest BCUT2D eigenvalue weighted by Gasteiger charge is 2.20. The van der Waals surface area contributed by atoms with E-state index in [-0.39, 0.29) is 0 Å². The Morgan fingerprint density at radius 1 is 1.16 bits per heavy atom.